The van der Waals surface area contributed by atoms with Crippen LogP contribution in [-0.2, 0) is 11.3 Å². The Bertz CT molecular complexity index is 794. The van der Waals surface area contributed by atoms with Crippen molar-refractivity contribution >= 4 is 29.0 Å². The minimum Gasteiger partial charge on any atom is -0.497 e. The van der Waals surface area contributed by atoms with E-state index in [9.17, 15) is 9.59 Å². The van der Waals surface area contributed by atoms with Crippen molar-refractivity contribution in [2.75, 3.05) is 32.7 Å². The fourth-order valence-corrected chi connectivity index (χ4v) is 3.17. The van der Waals surface area contributed by atoms with E-state index in [2.05, 4.69) is 15.6 Å². The lowest BCUT2D eigenvalue weighted by Gasteiger charge is -2.22. The van der Waals surface area contributed by atoms with Gasteiger partial charge in [-0.3, -0.25) is 4.79 Å². The molecule has 0 aliphatic carbocycles. The Morgan fingerprint density at radius 2 is 1.97 bits per heavy atom. The Hall–Kier alpha value is -2.65. The summed E-state index contributed by atoms with van der Waals surface area (Å²) >= 11 is 1.35. The molecule has 1 aromatic heterocycles. The monoisotopic (exact) mass is 420 g/mol. The number of amides is 3. The average Bonchev–Trinajstić information content (AvgIpc) is 3.20. The molecule has 3 amide bonds. The molecule has 158 valence electrons. The maximum Gasteiger partial charge on any atom is 0.322 e. The highest BCUT2D eigenvalue weighted by molar-refractivity contribution is 7.09. The number of carbonyl (C=O) groups is 2. The lowest BCUT2D eigenvalue weighted by Crippen LogP contribution is -2.37. The lowest BCUT2D eigenvalue weighted by molar-refractivity contribution is 0.0934. The summed E-state index contributed by atoms with van der Waals surface area (Å²) in [5.74, 6) is 0.512. The van der Waals surface area contributed by atoms with Gasteiger partial charge in [0.15, 0.2) is 0 Å². The second-order valence-corrected chi connectivity index (χ2v) is 7.42. The fourth-order valence-electron chi connectivity index (χ4n) is 2.38. The summed E-state index contributed by atoms with van der Waals surface area (Å²) in [4.78, 5) is 30.9. The van der Waals surface area contributed by atoms with Crippen LogP contribution in [0.4, 0.5) is 10.5 Å². The number of thiazole rings is 1. The molecule has 9 heteroatoms. The van der Waals surface area contributed by atoms with E-state index in [4.69, 9.17) is 9.47 Å². The predicted octanol–water partition coefficient (Wildman–Crippen LogP) is 3.36. The van der Waals surface area contributed by atoms with Gasteiger partial charge in [0.05, 0.1) is 20.3 Å². The molecule has 0 bridgehead atoms. The van der Waals surface area contributed by atoms with Crippen molar-refractivity contribution in [3.05, 3.63) is 40.3 Å². The van der Waals surface area contributed by atoms with E-state index in [0.717, 1.165) is 6.42 Å². The second-order valence-electron chi connectivity index (χ2n) is 6.48. The molecule has 0 radical (unpaired) electrons. The van der Waals surface area contributed by atoms with Gasteiger partial charge >= 0.3 is 6.03 Å². The predicted molar refractivity (Wildman–Crippen MR) is 114 cm³/mol. The molecule has 0 aliphatic heterocycles. The van der Waals surface area contributed by atoms with Crippen LogP contribution in [0.1, 0.15) is 35.8 Å². The first-order chi connectivity index (χ1) is 14.0. The van der Waals surface area contributed by atoms with Gasteiger partial charge in [0.25, 0.3) is 5.91 Å². The Labute approximate surface area is 175 Å². The molecule has 2 rings (SSSR count). The fraction of sp³-hybridized carbons (Fsp3) is 0.450. The molecule has 0 fully saturated rings. The van der Waals surface area contributed by atoms with E-state index >= 15 is 0 Å². The van der Waals surface area contributed by atoms with Crippen molar-refractivity contribution in [1.82, 2.24) is 15.2 Å². The number of hydrogen-bond donors (Lipinski definition) is 2. The molecule has 1 heterocycles. The van der Waals surface area contributed by atoms with E-state index in [0.29, 0.717) is 35.3 Å². The normalized spacial score (nSPS) is 11.6. The molecule has 1 atom stereocenters. The maximum atomic E-state index is 12.7. The van der Waals surface area contributed by atoms with Crippen LogP contribution in [0.2, 0.25) is 0 Å². The van der Waals surface area contributed by atoms with Crippen molar-refractivity contribution < 1.29 is 19.1 Å². The van der Waals surface area contributed by atoms with Gasteiger partial charge in [-0.1, -0.05) is 6.92 Å². The van der Waals surface area contributed by atoms with Gasteiger partial charge in [0.1, 0.15) is 16.5 Å². The van der Waals surface area contributed by atoms with E-state index in [1.165, 1.54) is 11.3 Å². The van der Waals surface area contributed by atoms with E-state index < -0.39 is 0 Å². The number of carbonyl (C=O) groups excluding carboxylic acids is 2. The summed E-state index contributed by atoms with van der Waals surface area (Å²) in [7, 11) is 3.17. The van der Waals surface area contributed by atoms with Gasteiger partial charge in [0.2, 0.25) is 0 Å². The zero-order valence-electron chi connectivity index (χ0n) is 17.2. The van der Waals surface area contributed by atoms with Crippen LogP contribution in [0.15, 0.2) is 29.6 Å². The third-order valence-electron chi connectivity index (χ3n) is 4.29. The molecule has 1 aromatic carbocycles. The number of urea groups is 1. The Kier molecular flexibility index (Phi) is 8.88. The van der Waals surface area contributed by atoms with Crippen LogP contribution in [0.5, 0.6) is 5.75 Å². The molecule has 2 N–H and O–H groups in total. The molecule has 0 aliphatic rings. The van der Waals surface area contributed by atoms with Crippen molar-refractivity contribution in [2.45, 2.75) is 32.9 Å². The molecule has 29 heavy (non-hydrogen) atoms. The Morgan fingerprint density at radius 1 is 1.24 bits per heavy atom. The van der Waals surface area contributed by atoms with Gasteiger partial charge in [-0.25, -0.2) is 9.78 Å². The summed E-state index contributed by atoms with van der Waals surface area (Å²) < 4.78 is 10.2. The van der Waals surface area contributed by atoms with Gasteiger partial charge in [0, 0.05) is 30.8 Å². The summed E-state index contributed by atoms with van der Waals surface area (Å²) in [6.45, 7) is 5.02. The van der Waals surface area contributed by atoms with Crippen molar-refractivity contribution in [3.63, 3.8) is 0 Å². The smallest absolute Gasteiger partial charge is 0.322 e. The van der Waals surface area contributed by atoms with Crippen molar-refractivity contribution in [2.24, 2.45) is 0 Å². The van der Waals surface area contributed by atoms with E-state index in [1.54, 1.807) is 48.8 Å². The van der Waals surface area contributed by atoms with Crippen molar-refractivity contribution in [3.8, 4) is 5.75 Å². The van der Waals surface area contributed by atoms with E-state index in [1.807, 2.05) is 13.8 Å². The van der Waals surface area contributed by atoms with Crippen LogP contribution < -0.4 is 15.4 Å². The second kappa shape index (κ2) is 11.4. The largest absolute Gasteiger partial charge is 0.497 e. The summed E-state index contributed by atoms with van der Waals surface area (Å²) in [5.41, 5.74) is 1.03. The van der Waals surface area contributed by atoms with Gasteiger partial charge in [-0.05, 0) is 37.6 Å². The molecular formula is C20H28N4O4S. The van der Waals surface area contributed by atoms with Crippen LogP contribution in [0.3, 0.4) is 0 Å². The standard InChI is InChI=1S/C20H28N4O4S/c1-5-14(2)21-19(25)17-13-29-18(23-17)12-24(10-11-27-3)20(26)22-15-6-8-16(28-4)9-7-15/h6-9,13-14H,5,10-12H2,1-4H3,(H,21,25)(H,22,26)/t14-/m0/s1. The lowest BCUT2D eigenvalue weighted by atomic mass is 10.2. The van der Waals surface area contributed by atoms with Gasteiger partial charge < -0.3 is 25.0 Å². The van der Waals surface area contributed by atoms with Crippen LogP contribution in [0, 0.1) is 0 Å². The van der Waals surface area contributed by atoms with Crippen LogP contribution in [-0.4, -0.2) is 55.2 Å². The quantitative estimate of drug-likeness (QED) is 0.615. The third kappa shape index (κ3) is 7.03. The summed E-state index contributed by atoms with van der Waals surface area (Å²) in [6.07, 6.45) is 0.846. The minimum atomic E-state index is -0.270. The number of nitrogens with one attached hydrogen (secondary N) is 2. The highest BCUT2D eigenvalue weighted by atomic mass is 32.1. The number of rotatable bonds is 10. The molecule has 8 nitrogen and oxygen atoms in total. The van der Waals surface area contributed by atoms with Crippen LogP contribution in [0.25, 0.3) is 0 Å². The Morgan fingerprint density at radius 3 is 2.59 bits per heavy atom. The number of anilines is 1. The highest BCUT2D eigenvalue weighted by Crippen LogP contribution is 2.17. The number of ether oxygens (including phenoxy) is 2. The first-order valence-corrected chi connectivity index (χ1v) is 10.3. The molecule has 0 spiro atoms. The van der Waals surface area contributed by atoms with Crippen molar-refractivity contribution in [1.29, 1.82) is 0 Å². The third-order valence-corrected chi connectivity index (χ3v) is 5.13. The number of benzene rings is 1. The van der Waals surface area contributed by atoms with Gasteiger partial charge in [-0.15, -0.1) is 11.3 Å². The molecular weight excluding hydrogens is 392 g/mol. The maximum absolute atomic E-state index is 12.7. The first kappa shape index (κ1) is 22.6. The SMILES string of the molecule is CC[C@H](C)NC(=O)c1csc(CN(CCOC)C(=O)Nc2ccc(OC)cc2)n1. The molecule has 0 saturated carbocycles. The molecule has 2 aromatic rings. The van der Waals surface area contributed by atoms with E-state index in [-0.39, 0.29) is 24.5 Å². The topological polar surface area (TPSA) is 92.8 Å². The summed E-state index contributed by atoms with van der Waals surface area (Å²) in [6, 6.07) is 6.91. The highest BCUT2D eigenvalue weighted by Gasteiger charge is 2.18. The van der Waals surface area contributed by atoms with Gasteiger partial charge in [-0.2, -0.15) is 0 Å². The number of nitrogens with zero attached hydrogens (tertiary/aromatic N) is 2. The molecule has 0 unspecified atom stereocenters. The summed E-state index contributed by atoms with van der Waals surface area (Å²) in [5, 5.41) is 8.14. The minimum absolute atomic E-state index is 0.0844. The zero-order chi connectivity index (χ0) is 21.2. The van der Waals surface area contributed by atoms with Crippen LogP contribution >= 0.6 is 11.3 Å². The average molecular weight is 421 g/mol. The first-order valence-electron chi connectivity index (χ1n) is 9.41. The Balaban J connectivity index is 2.03. The molecule has 0 saturated heterocycles. The number of aromatic nitrogens is 1. The zero-order valence-corrected chi connectivity index (χ0v) is 18.0. The number of hydrogen-bond acceptors (Lipinski definition) is 6. The number of methoxy groups -OCH3 is 2.